The topological polar surface area (TPSA) is 49.9 Å². The molecule has 1 aliphatic heterocycles. The number of amides is 2. The zero-order valence-electron chi connectivity index (χ0n) is 15.7. The molecule has 1 saturated heterocycles. The largest absolute Gasteiger partial charge is 0.495 e. The minimum atomic E-state index is -0.309. The van der Waals surface area contributed by atoms with Crippen LogP contribution in [0.1, 0.15) is 17.5 Å². The average Bonchev–Trinajstić information content (AvgIpc) is 3.30. The number of ether oxygens (including phenoxy) is 1. The monoisotopic (exact) mass is 364 g/mol. The predicted molar refractivity (Wildman–Crippen MR) is 104 cm³/mol. The van der Waals surface area contributed by atoms with Gasteiger partial charge in [0.05, 0.1) is 18.7 Å². The molecule has 1 fully saturated rings. The van der Waals surface area contributed by atoms with Crippen LogP contribution in [-0.4, -0.2) is 43.5 Å². The fourth-order valence-electron chi connectivity index (χ4n) is 4.24. The van der Waals surface area contributed by atoms with E-state index in [1.807, 2.05) is 48.3 Å². The first kappa shape index (κ1) is 17.6. The molecule has 4 rings (SSSR count). The Morgan fingerprint density at radius 3 is 2.33 bits per heavy atom. The zero-order chi connectivity index (χ0) is 19.0. The van der Waals surface area contributed by atoms with Crippen LogP contribution in [0.5, 0.6) is 5.75 Å². The van der Waals surface area contributed by atoms with Gasteiger partial charge in [-0.05, 0) is 36.1 Å². The summed E-state index contributed by atoms with van der Waals surface area (Å²) in [5, 5.41) is 0. The molecule has 0 radical (unpaired) electrons. The lowest BCUT2D eigenvalue weighted by Gasteiger charge is -2.27. The average molecular weight is 364 g/mol. The summed E-state index contributed by atoms with van der Waals surface area (Å²) in [6, 6.07) is 16.0. The van der Waals surface area contributed by atoms with E-state index in [0.29, 0.717) is 12.3 Å². The number of likely N-dealkylation sites (N-methyl/N-ethyl adjacent to an activating group) is 1. The van der Waals surface area contributed by atoms with Crippen molar-refractivity contribution in [2.75, 3.05) is 25.6 Å². The van der Waals surface area contributed by atoms with Gasteiger partial charge in [-0.2, -0.15) is 0 Å². The molecule has 0 aromatic heterocycles. The maximum atomic E-state index is 13.1. The smallest absolute Gasteiger partial charge is 0.228 e. The highest BCUT2D eigenvalue weighted by Crippen LogP contribution is 2.34. The van der Waals surface area contributed by atoms with Crippen LogP contribution in [0.4, 0.5) is 5.69 Å². The molecule has 2 aromatic carbocycles. The van der Waals surface area contributed by atoms with Crippen LogP contribution in [0.15, 0.2) is 48.5 Å². The summed E-state index contributed by atoms with van der Waals surface area (Å²) in [7, 11) is 3.46. The van der Waals surface area contributed by atoms with E-state index in [9.17, 15) is 9.59 Å². The lowest BCUT2D eigenvalue weighted by atomic mass is 10.1. The van der Waals surface area contributed by atoms with Gasteiger partial charge < -0.3 is 14.5 Å². The highest BCUT2D eigenvalue weighted by Gasteiger charge is 2.39. The van der Waals surface area contributed by atoms with Crippen LogP contribution < -0.4 is 9.64 Å². The molecule has 27 heavy (non-hydrogen) atoms. The molecule has 0 bridgehead atoms. The third-order valence-corrected chi connectivity index (χ3v) is 5.78. The number of rotatable bonds is 4. The van der Waals surface area contributed by atoms with Crippen LogP contribution in [0.2, 0.25) is 0 Å². The van der Waals surface area contributed by atoms with Crippen LogP contribution in [-0.2, 0) is 22.4 Å². The van der Waals surface area contributed by atoms with E-state index in [0.717, 1.165) is 18.5 Å². The van der Waals surface area contributed by atoms with E-state index in [2.05, 4.69) is 12.1 Å². The van der Waals surface area contributed by atoms with E-state index in [1.165, 1.54) is 11.1 Å². The molecule has 0 saturated carbocycles. The SMILES string of the molecule is COc1ccccc1N1C[C@H](C(=O)N(C)C2Cc3ccccc3C2)CC1=O. The molecule has 0 N–H and O–H groups in total. The molecule has 2 aliphatic rings. The van der Waals surface area contributed by atoms with Gasteiger partial charge in [-0.3, -0.25) is 9.59 Å². The van der Waals surface area contributed by atoms with Crippen molar-refractivity contribution in [2.24, 2.45) is 5.92 Å². The zero-order valence-corrected chi connectivity index (χ0v) is 15.7. The highest BCUT2D eigenvalue weighted by atomic mass is 16.5. The third-order valence-electron chi connectivity index (χ3n) is 5.78. The minimum Gasteiger partial charge on any atom is -0.495 e. The van der Waals surface area contributed by atoms with Crippen molar-refractivity contribution in [3.8, 4) is 5.75 Å². The van der Waals surface area contributed by atoms with Gasteiger partial charge >= 0.3 is 0 Å². The molecular formula is C22H24N2O3. The van der Waals surface area contributed by atoms with Gasteiger partial charge in [0, 0.05) is 26.1 Å². The Bertz CT molecular complexity index is 854. The van der Waals surface area contributed by atoms with Crippen LogP contribution in [0, 0.1) is 5.92 Å². The summed E-state index contributed by atoms with van der Waals surface area (Å²) in [5.41, 5.74) is 3.37. The first-order chi connectivity index (χ1) is 13.1. The van der Waals surface area contributed by atoms with Crippen molar-refractivity contribution in [3.05, 3.63) is 59.7 Å². The van der Waals surface area contributed by atoms with Gasteiger partial charge in [-0.1, -0.05) is 36.4 Å². The molecule has 2 aromatic rings. The van der Waals surface area contributed by atoms with Gasteiger partial charge in [0.2, 0.25) is 11.8 Å². The lowest BCUT2D eigenvalue weighted by Crippen LogP contribution is -2.42. The molecule has 5 heteroatoms. The van der Waals surface area contributed by atoms with E-state index >= 15 is 0 Å². The fourth-order valence-corrected chi connectivity index (χ4v) is 4.24. The normalized spacial score (nSPS) is 19.3. The maximum Gasteiger partial charge on any atom is 0.228 e. The van der Waals surface area contributed by atoms with E-state index in [1.54, 1.807) is 12.0 Å². The summed E-state index contributed by atoms with van der Waals surface area (Å²) >= 11 is 0. The second kappa shape index (κ2) is 7.06. The molecule has 140 valence electrons. The Balaban J connectivity index is 1.47. The number of fused-ring (bicyclic) bond motifs is 1. The Morgan fingerprint density at radius 2 is 1.67 bits per heavy atom. The molecule has 5 nitrogen and oxygen atoms in total. The number of hydrogen-bond acceptors (Lipinski definition) is 3. The number of carbonyl (C=O) groups is 2. The van der Waals surface area contributed by atoms with E-state index in [4.69, 9.17) is 4.74 Å². The standard InChI is InChI=1S/C22H24N2O3/c1-23(18-11-15-7-3-4-8-16(15)12-18)22(26)17-13-21(25)24(14-17)19-9-5-6-10-20(19)27-2/h3-10,17-18H,11-14H2,1-2H3/t17-/m1/s1. The summed E-state index contributed by atoms with van der Waals surface area (Å²) in [5.74, 6) is 0.370. The van der Waals surface area contributed by atoms with Crippen molar-refractivity contribution in [1.29, 1.82) is 0 Å². The second-order valence-corrected chi connectivity index (χ2v) is 7.36. The van der Waals surface area contributed by atoms with Crippen LogP contribution in [0.25, 0.3) is 0 Å². The number of benzene rings is 2. The van der Waals surface area contributed by atoms with Crippen molar-refractivity contribution < 1.29 is 14.3 Å². The van der Waals surface area contributed by atoms with Gasteiger partial charge in [-0.25, -0.2) is 0 Å². The summed E-state index contributed by atoms with van der Waals surface area (Å²) < 4.78 is 5.38. The quantitative estimate of drug-likeness (QED) is 0.838. The van der Waals surface area contributed by atoms with Crippen molar-refractivity contribution >= 4 is 17.5 Å². The molecule has 1 atom stereocenters. The van der Waals surface area contributed by atoms with Gasteiger partial charge in [-0.15, -0.1) is 0 Å². The number of carbonyl (C=O) groups excluding carboxylic acids is 2. The highest BCUT2D eigenvalue weighted by molar-refractivity contribution is 6.01. The van der Waals surface area contributed by atoms with Gasteiger partial charge in [0.25, 0.3) is 0 Å². The number of methoxy groups -OCH3 is 1. The van der Waals surface area contributed by atoms with Gasteiger partial charge in [0.15, 0.2) is 0 Å². The Hall–Kier alpha value is -2.82. The Morgan fingerprint density at radius 1 is 1.04 bits per heavy atom. The summed E-state index contributed by atoms with van der Waals surface area (Å²) in [6.07, 6.45) is 2.02. The number of para-hydroxylation sites is 2. The number of hydrogen-bond donors (Lipinski definition) is 0. The summed E-state index contributed by atoms with van der Waals surface area (Å²) in [4.78, 5) is 29.2. The van der Waals surface area contributed by atoms with Crippen molar-refractivity contribution in [1.82, 2.24) is 4.90 Å². The van der Waals surface area contributed by atoms with Crippen molar-refractivity contribution in [3.63, 3.8) is 0 Å². The molecule has 0 unspecified atom stereocenters. The minimum absolute atomic E-state index is 0.0269. The van der Waals surface area contributed by atoms with Crippen molar-refractivity contribution in [2.45, 2.75) is 25.3 Å². The molecule has 1 heterocycles. The predicted octanol–water partition coefficient (Wildman–Crippen LogP) is 2.67. The number of anilines is 1. The second-order valence-electron chi connectivity index (χ2n) is 7.36. The molecular weight excluding hydrogens is 340 g/mol. The first-order valence-corrected chi connectivity index (χ1v) is 9.35. The first-order valence-electron chi connectivity index (χ1n) is 9.35. The Labute approximate surface area is 159 Å². The van der Waals surface area contributed by atoms with E-state index < -0.39 is 0 Å². The van der Waals surface area contributed by atoms with E-state index in [-0.39, 0.29) is 30.2 Å². The van der Waals surface area contributed by atoms with Gasteiger partial charge in [0.1, 0.15) is 5.75 Å². The fraction of sp³-hybridized carbons (Fsp3) is 0.364. The van der Waals surface area contributed by atoms with Crippen LogP contribution >= 0.6 is 0 Å². The Kier molecular flexibility index (Phi) is 4.60. The van der Waals surface area contributed by atoms with Crippen LogP contribution in [0.3, 0.4) is 0 Å². The number of nitrogens with zero attached hydrogens (tertiary/aromatic N) is 2. The molecule has 0 spiro atoms. The lowest BCUT2D eigenvalue weighted by molar-refractivity contribution is -0.136. The molecule has 2 amide bonds. The summed E-state index contributed by atoms with van der Waals surface area (Å²) in [6.45, 7) is 0.405. The third kappa shape index (κ3) is 3.18. The molecule has 1 aliphatic carbocycles. The maximum absolute atomic E-state index is 13.1.